The molecule has 0 aliphatic carbocycles. The van der Waals surface area contributed by atoms with E-state index in [2.05, 4.69) is 15.1 Å². The summed E-state index contributed by atoms with van der Waals surface area (Å²) in [7, 11) is 1.60. The Kier molecular flexibility index (Phi) is 2.40. The Morgan fingerprint density at radius 3 is 3.07 bits per heavy atom. The first-order valence-corrected chi connectivity index (χ1v) is 4.21. The molecule has 2 aromatic heterocycles. The minimum absolute atomic E-state index is 0.608. The molecule has 0 bridgehead atoms. The predicted octanol–water partition coefficient (Wildman–Crippen LogP) is 0.730. The molecule has 2 heterocycles. The molecule has 0 aliphatic rings. The summed E-state index contributed by atoms with van der Waals surface area (Å²) in [5, 5.41) is 3.99. The maximum atomic E-state index is 5.02. The average molecular weight is 190 g/mol. The lowest BCUT2D eigenvalue weighted by atomic mass is 10.3. The molecule has 0 amide bonds. The van der Waals surface area contributed by atoms with Gasteiger partial charge in [-0.3, -0.25) is 0 Å². The molecule has 2 aromatic rings. The summed E-state index contributed by atoms with van der Waals surface area (Å²) in [5.74, 6) is 0.614. The summed E-state index contributed by atoms with van der Waals surface area (Å²) >= 11 is 0. The van der Waals surface area contributed by atoms with E-state index in [-0.39, 0.29) is 0 Å². The number of aromatic nitrogens is 4. The second-order valence-corrected chi connectivity index (χ2v) is 2.76. The highest BCUT2D eigenvalue weighted by Gasteiger charge is 1.98. The van der Waals surface area contributed by atoms with Crippen LogP contribution in [0.15, 0.2) is 30.9 Å². The van der Waals surface area contributed by atoms with Crippen LogP contribution in [0.2, 0.25) is 0 Å². The molecule has 2 rings (SSSR count). The maximum Gasteiger partial charge on any atom is 0.213 e. The minimum atomic E-state index is 0.608. The fourth-order valence-electron chi connectivity index (χ4n) is 1.14. The molecule has 0 saturated heterocycles. The molecule has 0 atom stereocenters. The van der Waals surface area contributed by atoms with Gasteiger partial charge in [-0.05, 0) is 6.07 Å². The van der Waals surface area contributed by atoms with E-state index in [1.165, 1.54) is 6.33 Å². The van der Waals surface area contributed by atoms with Crippen molar-refractivity contribution in [3.8, 4) is 5.88 Å². The van der Waals surface area contributed by atoms with Gasteiger partial charge in [0, 0.05) is 6.07 Å². The molecule has 0 unspecified atom stereocenters. The van der Waals surface area contributed by atoms with Crippen molar-refractivity contribution in [2.24, 2.45) is 0 Å². The number of hydrogen-bond acceptors (Lipinski definition) is 4. The Balaban J connectivity index is 2.17. The van der Waals surface area contributed by atoms with Crippen LogP contribution in [-0.2, 0) is 6.54 Å². The topological polar surface area (TPSA) is 52.8 Å². The SMILES string of the molecule is COc1cccc(Cn2cncn2)n1. The molecule has 0 radical (unpaired) electrons. The van der Waals surface area contributed by atoms with Crippen LogP contribution in [0, 0.1) is 0 Å². The molecule has 5 heteroatoms. The second-order valence-electron chi connectivity index (χ2n) is 2.76. The van der Waals surface area contributed by atoms with Crippen molar-refractivity contribution in [2.75, 3.05) is 7.11 Å². The Morgan fingerprint density at radius 2 is 2.36 bits per heavy atom. The predicted molar refractivity (Wildman–Crippen MR) is 49.9 cm³/mol. The molecular formula is C9H10N4O. The van der Waals surface area contributed by atoms with Gasteiger partial charge in [-0.25, -0.2) is 14.6 Å². The average Bonchev–Trinajstić information content (AvgIpc) is 2.71. The van der Waals surface area contributed by atoms with Crippen molar-refractivity contribution in [3.05, 3.63) is 36.5 Å². The summed E-state index contributed by atoms with van der Waals surface area (Å²) in [6, 6.07) is 5.63. The van der Waals surface area contributed by atoms with Crippen molar-refractivity contribution in [3.63, 3.8) is 0 Å². The Hall–Kier alpha value is -1.91. The highest BCUT2D eigenvalue weighted by Crippen LogP contribution is 2.07. The van der Waals surface area contributed by atoms with Crippen molar-refractivity contribution in [1.82, 2.24) is 19.7 Å². The van der Waals surface area contributed by atoms with Gasteiger partial charge in [0.2, 0.25) is 5.88 Å². The summed E-state index contributed by atoms with van der Waals surface area (Å²) < 4.78 is 6.73. The highest BCUT2D eigenvalue weighted by molar-refractivity contribution is 5.15. The first-order chi connectivity index (χ1) is 6.88. The Morgan fingerprint density at radius 1 is 1.43 bits per heavy atom. The van der Waals surface area contributed by atoms with Crippen LogP contribution in [0.4, 0.5) is 0 Å². The summed E-state index contributed by atoms with van der Waals surface area (Å²) in [6.07, 6.45) is 3.15. The van der Waals surface area contributed by atoms with Crippen LogP contribution in [0.1, 0.15) is 5.69 Å². The Labute approximate surface area is 81.4 Å². The molecule has 0 spiro atoms. The van der Waals surface area contributed by atoms with Crippen LogP contribution >= 0.6 is 0 Å². The van der Waals surface area contributed by atoms with Crippen molar-refractivity contribution in [2.45, 2.75) is 6.54 Å². The Bertz CT molecular complexity index is 399. The number of methoxy groups -OCH3 is 1. The largest absolute Gasteiger partial charge is 0.481 e. The second kappa shape index (κ2) is 3.87. The smallest absolute Gasteiger partial charge is 0.213 e. The lowest BCUT2D eigenvalue weighted by Gasteiger charge is -2.02. The van der Waals surface area contributed by atoms with E-state index in [1.807, 2.05) is 18.2 Å². The maximum absolute atomic E-state index is 5.02. The molecule has 72 valence electrons. The van der Waals surface area contributed by atoms with Gasteiger partial charge in [-0.1, -0.05) is 6.07 Å². The molecule has 0 fully saturated rings. The fourth-order valence-corrected chi connectivity index (χ4v) is 1.14. The van der Waals surface area contributed by atoms with Crippen LogP contribution in [0.5, 0.6) is 5.88 Å². The van der Waals surface area contributed by atoms with E-state index in [0.29, 0.717) is 12.4 Å². The quantitative estimate of drug-likeness (QED) is 0.716. The highest BCUT2D eigenvalue weighted by atomic mass is 16.5. The summed E-state index contributed by atoms with van der Waals surface area (Å²) in [4.78, 5) is 8.11. The third kappa shape index (κ3) is 1.87. The first-order valence-electron chi connectivity index (χ1n) is 4.21. The van der Waals surface area contributed by atoms with Crippen molar-refractivity contribution < 1.29 is 4.74 Å². The zero-order chi connectivity index (χ0) is 9.80. The van der Waals surface area contributed by atoms with E-state index < -0.39 is 0 Å². The number of pyridine rings is 1. The summed E-state index contributed by atoms with van der Waals surface area (Å²) in [6.45, 7) is 0.608. The molecule has 5 nitrogen and oxygen atoms in total. The number of hydrogen-bond donors (Lipinski definition) is 0. The molecule has 0 N–H and O–H groups in total. The van der Waals surface area contributed by atoms with E-state index in [1.54, 1.807) is 18.1 Å². The normalized spacial score (nSPS) is 10.1. The zero-order valence-corrected chi connectivity index (χ0v) is 7.79. The van der Waals surface area contributed by atoms with Crippen molar-refractivity contribution >= 4 is 0 Å². The third-order valence-electron chi connectivity index (χ3n) is 1.78. The number of ether oxygens (including phenoxy) is 1. The van der Waals surface area contributed by atoms with Gasteiger partial charge < -0.3 is 4.74 Å². The van der Waals surface area contributed by atoms with Crippen molar-refractivity contribution in [1.29, 1.82) is 0 Å². The molecule has 14 heavy (non-hydrogen) atoms. The van der Waals surface area contributed by atoms with Gasteiger partial charge in [-0.15, -0.1) is 0 Å². The van der Waals surface area contributed by atoms with Crippen LogP contribution in [0.25, 0.3) is 0 Å². The standard InChI is InChI=1S/C9H10N4O/c1-14-9-4-2-3-8(12-9)5-13-7-10-6-11-13/h2-4,6-7H,5H2,1H3. The first kappa shape index (κ1) is 8.68. The van der Waals surface area contributed by atoms with E-state index in [4.69, 9.17) is 4.74 Å². The monoisotopic (exact) mass is 190 g/mol. The van der Waals surface area contributed by atoms with Gasteiger partial charge >= 0.3 is 0 Å². The van der Waals surface area contributed by atoms with E-state index in [0.717, 1.165) is 5.69 Å². The lowest BCUT2D eigenvalue weighted by molar-refractivity contribution is 0.395. The number of rotatable bonds is 3. The molecule has 0 saturated carbocycles. The van der Waals surface area contributed by atoms with Crippen LogP contribution in [0.3, 0.4) is 0 Å². The number of nitrogens with zero attached hydrogens (tertiary/aromatic N) is 4. The fraction of sp³-hybridized carbons (Fsp3) is 0.222. The minimum Gasteiger partial charge on any atom is -0.481 e. The third-order valence-corrected chi connectivity index (χ3v) is 1.78. The summed E-state index contributed by atoms with van der Waals surface area (Å²) in [5.41, 5.74) is 0.898. The molecule has 0 aliphatic heterocycles. The van der Waals surface area contributed by atoms with Gasteiger partial charge in [0.25, 0.3) is 0 Å². The zero-order valence-electron chi connectivity index (χ0n) is 7.79. The van der Waals surface area contributed by atoms with Gasteiger partial charge in [-0.2, -0.15) is 5.10 Å². The lowest BCUT2D eigenvalue weighted by Crippen LogP contribution is -2.02. The van der Waals surface area contributed by atoms with Gasteiger partial charge in [0.05, 0.1) is 19.3 Å². The van der Waals surface area contributed by atoms with Crippen LogP contribution in [-0.4, -0.2) is 26.9 Å². The molecular weight excluding hydrogens is 180 g/mol. The van der Waals surface area contributed by atoms with Gasteiger partial charge in [0.15, 0.2) is 0 Å². The van der Waals surface area contributed by atoms with E-state index in [9.17, 15) is 0 Å². The van der Waals surface area contributed by atoms with Gasteiger partial charge in [0.1, 0.15) is 12.7 Å². The van der Waals surface area contributed by atoms with E-state index >= 15 is 0 Å². The molecule has 0 aromatic carbocycles. The van der Waals surface area contributed by atoms with Crippen LogP contribution < -0.4 is 4.74 Å².